The predicted molar refractivity (Wildman–Crippen MR) is 174 cm³/mol. The zero-order valence-electron chi connectivity index (χ0n) is 24.1. The van der Waals surface area contributed by atoms with Crippen molar-refractivity contribution in [2.24, 2.45) is 0 Å². The summed E-state index contributed by atoms with van der Waals surface area (Å²) in [6, 6.07) is 23.1. The van der Waals surface area contributed by atoms with Gasteiger partial charge < -0.3 is 14.4 Å². The SMILES string of the molecule is CSNC(=O)c1c(-c2cccc(N3CCN(c4ccc([N+](=O)[O-])cc4)CC3)c2)c(-c2ccc(Cl)cc2)n(C(C)C)c1C. The van der Waals surface area contributed by atoms with Crippen molar-refractivity contribution in [1.82, 2.24) is 9.29 Å². The fraction of sp³-hybridized carbons (Fsp3) is 0.281. The van der Waals surface area contributed by atoms with Crippen LogP contribution in [0.4, 0.5) is 17.1 Å². The lowest BCUT2D eigenvalue weighted by Gasteiger charge is -2.37. The van der Waals surface area contributed by atoms with E-state index in [2.05, 4.69) is 57.2 Å². The first-order valence-electron chi connectivity index (χ1n) is 13.9. The van der Waals surface area contributed by atoms with Crippen LogP contribution in [0.5, 0.6) is 0 Å². The molecule has 2 heterocycles. The molecule has 1 saturated heterocycles. The van der Waals surface area contributed by atoms with E-state index in [1.54, 1.807) is 12.1 Å². The van der Waals surface area contributed by atoms with Gasteiger partial charge in [0.2, 0.25) is 0 Å². The molecule has 0 bridgehead atoms. The quantitative estimate of drug-likeness (QED) is 0.127. The molecule has 3 aromatic carbocycles. The number of carbonyl (C=O) groups is 1. The Kier molecular flexibility index (Phi) is 8.80. The fourth-order valence-corrected chi connectivity index (χ4v) is 6.23. The van der Waals surface area contributed by atoms with E-state index in [4.69, 9.17) is 11.6 Å². The Balaban J connectivity index is 1.52. The summed E-state index contributed by atoms with van der Waals surface area (Å²) in [6.45, 7) is 9.47. The maximum Gasteiger partial charge on any atom is 0.269 e. The number of nitro benzene ring substituents is 1. The summed E-state index contributed by atoms with van der Waals surface area (Å²) in [5, 5.41) is 11.7. The Morgan fingerprint density at radius 3 is 2.12 bits per heavy atom. The van der Waals surface area contributed by atoms with Gasteiger partial charge in [-0.25, -0.2) is 0 Å². The number of nitrogens with zero attached hydrogens (tertiary/aromatic N) is 4. The molecule has 0 aliphatic carbocycles. The number of halogens is 1. The van der Waals surface area contributed by atoms with Crippen LogP contribution >= 0.6 is 23.5 Å². The maximum absolute atomic E-state index is 13.5. The lowest BCUT2D eigenvalue weighted by Crippen LogP contribution is -2.46. The van der Waals surface area contributed by atoms with Gasteiger partial charge in [0.25, 0.3) is 11.6 Å². The van der Waals surface area contributed by atoms with E-state index in [0.717, 1.165) is 65.6 Å². The second-order valence-corrected chi connectivity index (χ2v) is 11.6. The molecule has 8 nitrogen and oxygen atoms in total. The molecule has 0 unspecified atom stereocenters. The first kappa shape index (κ1) is 29.5. The van der Waals surface area contributed by atoms with Crippen LogP contribution in [0.2, 0.25) is 5.02 Å². The van der Waals surface area contributed by atoms with Gasteiger partial charge in [-0.05, 0) is 68.3 Å². The highest BCUT2D eigenvalue weighted by Crippen LogP contribution is 2.42. The molecule has 0 spiro atoms. The number of non-ortho nitro benzene ring substituents is 1. The van der Waals surface area contributed by atoms with E-state index in [1.807, 2.05) is 49.6 Å². The third kappa shape index (κ3) is 5.84. The number of piperazine rings is 1. The lowest BCUT2D eigenvalue weighted by atomic mass is 9.96. The molecule has 1 aliphatic heterocycles. The second-order valence-electron chi connectivity index (χ2n) is 10.6. The van der Waals surface area contributed by atoms with E-state index in [9.17, 15) is 14.9 Å². The molecule has 10 heteroatoms. The van der Waals surface area contributed by atoms with Gasteiger partial charge in [-0.15, -0.1) is 0 Å². The van der Waals surface area contributed by atoms with Crippen LogP contribution in [-0.2, 0) is 0 Å². The molecule has 42 heavy (non-hydrogen) atoms. The van der Waals surface area contributed by atoms with Crippen molar-refractivity contribution in [2.45, 2.75) is 26.8 Å². The number of nitro groups is 1. The molecule has 0 radical (unpaired) electrons. The molecule has 1 aliphatic rings. The van der Waals surface area contributed by atoms with E-state index in [0.29, 0.717) is 10.6 Å². The number of hydrogen-bond donors (Lipinski definition) is 1. The summed E-state index contributed by atoms with van der Waals surface area (Å²) in [7, 11) is 0. The van der Waals surface area contributed by atoms with Crippen LogP contribution in [0.25, 0.3) is 22.4 Å². The number of aromatic nitrogens is 1. The van der Waals surface area contributed by atoms with Crippen molar-refractivity contribution < 1.29 is 9.72 Å². The number of benzene rings is 3. The van der Waals surface area contributed by atoms with Crippen molar-refractivity contribution in [3.63, 3.8) is 0 Å². The normalized spacial score (nSPS) is 13.5. The van der Waals surface area contributed by atoms with Gasteiger partial charge in [-0.1, -0.05) is 47.8 Å². The summed E-state index contributed by atoms with van der Waals surface area (Å²) in [4.78, 5) is 28.8. The minimum absolute atomic E-state index is 0.0966. The molecule has 0 atom stereocenters. The Morgan fingerprint density at radius 1 is 0.929 bits per heavy atom. The Labute approximate surface area is 255 Å². The van der Waals surface area contributed by atoms with Crippen molar-refractivity contribution >= 4 is 46.5 Å². The summed E-state index contributed by atoms with van der Waals surface area (Å²) in [5.41, 5.74) is 7.62. The highest BCUT2D eigenvalue weighted by atomic mass is 35.5. The molecule has 218 valence electrons. The van der Waals surface area contributed by atoms with Crippen LogP contribution in [0.15, 0.2) is 72.8 Å². The van der Waals surface area contributed by atoms with E-state index in [-0.39, 0.29) is 22.6 Å². The van der Waals surface area contributed by atoms with Crippen LogP contribution in [-0.4, -0.2) is 47.8 Å². The molecular formula is C32H34ClN5O3S. The fourth-order valence-electron chi connectivity index (χ4n) is 5.81. The summed E-state index contributed by atoms with van der Waals surface area (Å²) >= 11 is 7.54. The van der Waals surface area contributed by atoms with E-state index < -0.39 is 0 Å². The van der Waals surface area contributed by atoms with Gasteiger partial charge in [-0.3, -0.25) is 19.6 Å². The predicted octanol–water partition coefficient (Wildman–Crippen LogP) is 7.61. The highest BCUT2D eigenvalue weighted by molar-refractivity contribution is 7.97. The van der Waals surface area contributed by atoms with Gasteiger partial charge in [0, 0.05) is 78.3 Å². The number of rotatable bonds is 8. The molecule has 5 rings (SSSR count). The monoisotopic (exact) mass is 603 g/mol. The minimum Gasteiger partial charge on any atom is -0.368 e. The number of amides is 1. The first-order chi connectivity index (χ1) is 20.2. The van der Waals surface area contributed by atoms with Crippen molar-refractivity contribution in [3.8, 4) is 22.4 Å². The van der Waals surface area contributed by atoms with E-state index >= 15 is 0 Å². The van der Waals surface area contributed by atoms with Crippen molar-refractivity contribution in [1.29, 1.82) is 0 Å². The van der Waals surface area contributed by atoms with Gasteiger partial charge in [0.15, 0.2) is 0 Å². The lowest BCUT2D eigenvalue weighted by molar-refractivity contribution is -0.384. The molecular weight excluding hydrogens is 570 g/mol. The number of nitrogens with one attached hydrogen (secondary N) is 1. The molecule has 1 N–H and O–H groups in total. The van der Waals surface area contributed by atoms with Crippen LogP contribution in [0.1, 0.15) is 35.9 Å². The van der Waals surface area contributed by atoms with E-state index in [1.165, 1.54) is 11.9 Å². The summed E-state index contributed by atoms with van der Waals surface area (Å²) in [6.07, 6.45) is 1.85. The first-order valence-corrected chi connectivity index (χ1v) is 15.5. The zero-order chi connectivity index (χ0) is 30.0. The molecule has 4 aromatic rings. The minimum atomic E-state index is -0.375. The van der Waals surface area contributed by atoms with Gasteiger partial charge >= 0.3 is 0 Å². The van der Waals surface area contributed by atoms with Crippen molar-refractivity contribution in [2.75, 3.05) is 42.2 Å². The maximum atomic E-state index is 13.5. The van der Waals surface area contributed by atoms with Crippen LogP contribution < -0.4 is 14.5 Å². The van der Waals surface area contributed by atoms with Crippen molar-refractivity contribution in [3.05, 3.63) is 99.2 Å². The molecule has 1 fully saturated rings. The Hall–Kier alpha value is -3.95. The summed E-state index contributed by atoms with van der Waals surface area (Å²) in [5.74, 6) is -0.119. The van der Waals surface area contributed by atoms with Crippen LogP contribution in [0, 0.1) is 17.0 Å². The molecule has 1 aromatic heterocycles. The number of carbonyl (C=O) groups excluding carboxylic acids is 1. The average molecular weight is 604 g/mol. The smallest absolute Gasteiger partial charge is 0.269 e. The largest absolute Gasteiger partial charge is 0.368 e. The molecule has 1 amide bonds. The second kappa shape index (κ2) is 12.5. The third-order valence-electron chi connectivity index (χ3n) is 7.71. The average Bonchev–Trinajstić information content (AvgIpc) is 3.31. The van der Waals surface area contributed by atoms with Crippen LogP contribution in [0.3, 0.4) is 0 Å². The van der Waals surface area contributed by atoms with Gasteiger partial charge in [0.05, 0.1) is 16.2 Å². The van der Waals surface area contributed by atoms with Gasteiger partial charge in [0.1, 0.15) is 0 Å². The number of hydrogen-bond acceptors (Lipinski definition) is 6. The topological polar surface area (TPSA) is 83.7 Å². The zero-order valence-corrected chi connectivity index (χ0v) is 25.7. The van der Waals surface area contributed by atoms with Gasteiger partial charge in [-0.2, -0.15) is 0 Å². The summed E-state index contributed by atoms with van der Waals surface area (Å²) < 4.78 is 5.19. The number of anilines is 2. The Bertz CT molecular complexity index is 1590. The highest BCUT2D eigenvalue weighted by Gasteiger charge is 2.29. The Morgan fingerprint density at radius 2 is 1.55 bits per heavy atom. The third-order valence-corrected chi connectivity index (χ3v) is 8.35. The molecule has 0 saturated carbocycles. The standard InChI is InChI=1S/C32H34ClN5O3S/c1-21(2)37-22(3)29(32(39)34-42-4)30(31(37)23-8-10-25(33)11-9-23)24-6-5-7-28(20-24)36-18-16-35(17-19-36)26-12-14-27(15-13-26)38(40)41/h5-15,20-21H,16-19H2,1-4H3,(H,34,39).